The number of nitrogens with one attached hydrogen (secondary N) is 1. The predicted octanol–water partition coefficient (Wildman–Crippen LogP) is 2.14. The van der Waals surface area contributed by atoms with Gasteiger partial charge >= 0.3 is 0 Å². The number of ether oxygens (including phenoxy) is 2. The molecular weight excluding hydrogens is 308 g/mol. The van der Waals surface area contributed by atoms with Crippen molar-refractivity contribution in [1.29, 1.82) is 5.26 Å². The molecule has 0 aliphatic carbocycles. The molecule has 1 amide bonds. The van der Waals surface area contributed by atoms with Crippen molar-refractivity contribution in [3.05, 3.63) is 36.2 Å². The largest absolute Gasteiger partial charge is 0.489 e. The van der Waals surface area contributed by atoms with Crippen molar-refractivity contribution in [3.63, 3.8) is 0 Å². The molecule has 24 heavy (non-hydrogen) atoms. The van der Waals surface area contributed by atoms with Gasteiger partial charge in [0, 0.05) is 24.5 Å². The molecule has 0 bridgehead atoms. The number of nitrogens with zero attached hydrogens (tertiary/aromatic N) is 3. The average molecular weight is 324 g/mol. The monoisotopic (exact) mass is 324 g/mol. The molecule has 1 aromatic carbocycles. The Balaban J connectivity index is 1.84. The minimum atomic E-state index is 0.0687. The van der Waals surface area contributed by atoms with E-state index in [1.165, 1.54) is 6.33 Å². The van der Waals surface area contributed by atoms with Crippen molar-refractivity contribution in [3.8, 4) is 23.1 Å². The lowest BCUT2D eigenvalue weighted by Crippen LogP contribution is -2.26. The van der Waals surface area contributed by atoms with E-state index in [-0.39, 0.29) is 6.10 Å². The fourth-order valence-corrected chi connectivity index (χ4v) is 2.51. The number of aromatic nitrogens is 2. The summed E-state index contributed by atoms with van der Waals surface area (Å²) in [6.07, 6.45) is 3.62. The van der Waals surface area contributed by atoms with Crippen molar-refractivity contribution in [2.75, 3.05) is 18.5 Å². The molecule has 1 aliphatic rings. The Morgan fingerprint density at radius 2 is 2.12 bits per heavy atom. The third-order valence-electron chi connectivity index (χ3n) is 3.73. The van der Waals surface area contributed by atoms with Crippen LogP contribution in [0.3, 0.4) is 0 Å². The van der Waals surface area contributed by atoms with Crippen LogP contribution >= 0.6 is 0 Å². The summed E-state index contributed by atoms with van der Waals surface area (Å²) in [6.45, 7) is 1.36. The molecule has 7 heteroatoms. The molecule has 3 rings (SSSR count). The van der Waals surface area contributed by atoms with E-state index in [2.05, 4.69) is 21.4 Å². The standard InChI is InChI=1S/C17H16N4O3/c18-9-13-7-12(15-8-17(21-11-22)20-10-19-15)1-2-16(13)24-14-3-5-23-6-4-14/h1-2,7-8,10-11,14H,3-6H2,(H,19,20,21,22). The SMILES string of the molecule is N#Cc1cc(-c2cc(NC=O)ncn2)ccc1OC1CCOCC1. The highest BCUT2D eigenvalue weighted by atomic mass is 16.5. The first kappa shape index (κ1) is 15.9. The molecule has 122 valence electrons. The maximum absolute atomic E-state index is 10.5. The molecule has 0 radical (unpaired) electrons. The summed E-state index contributed by atoms with van der Waals surface area (Å²) < 4.78 is 11.2. The van der Waals surface area contributed by atoms with Gasteiger partial charge in [0.1, 0.15) is 30.1 Å². The summed E-state index contributed by atoms with van der Waals surface area (Å²) in [5.74, 6) is 0.962. The van der Waals surface area contributed by atoms with Crippen LogP contribution in [0.2, 0.25) is 0 Å². The van der Waals surface area contributed by atoms with Crippen LogP contribution in [0.4, 0.5) is 5.82 Å². The van der Waals surface area contributed by atoms with Crippen molar-refractivity contribution in [2.24, 2.45) is 0 Å². The van der Waals surface area contributed by atoms with E-state index in [0.29, 0.717) is 42.4 Å². The molecule has 0 saturated carbocycles. The zero-order valence-corrected chi connectivity index (χ0v) is 12.9. The Morgan fingerprint density at radius 3 is 2.88 bits per heavy atom. The number of carbonyl (C=O) groups excluding carboxylic acids is 1. The number of rotatable bonds is 5. The van der Waals surface area contributed by atoms with Crippen LogP contribution in [0.15, 0.2) is 30.6 Å². The van der Waals surface area contributed by atoms with E-state index >= 15 is 0 Å². The molecule has 7 nitrogen and oxygen atoms in total. The summed E-state index contributed by atoms with van der Waals surface area (Å²) >= 11 is 0. The third-order valence-corrected chi connectivity index (χ3v) is 3.73. The molecule has 1 N–H and O–H groups in total. The van der Waals surface area contributed by atoms with Gasteiger partial charge in [0.05, 0.1) is 24.5 Å². The van der Waals surface area contributed by atoms with E-state index in [0.717, 1.165) is 18.4 Å². The molecule has 1 saturated heterocycles. The van der Waals surface area contributed by atoms with Crippen LogP contribution < -0.4 is 10.1 Å². The Kier molecular flexibility index (Phi) is 4.99. The Morgan fingerprint density at radius 1 is 1.29 bits per heavy atom. The molecule has 1 aliphatic heterocycles. The number of anilines is 1. The second kappa shape index (κ2) is 7.53. The summed E-state index contributed by atoms with van der Waals surface area (Å²) in [7, 11) is 0. The van der Waals surface area contributed by atoms with Crippen LogP contribution in [0, 0.1) is 11.3 Å². The van der Waals surface area contributed by atoms with Gasteiger partial charge in [-0.25, -0.2) is 9.97 Å². The predicted molar refractivity (Wildman–Crippen MR) is 86.3 cm³/mol. The number of benzene rings is 1. The van der Waals surface area contributed by atoms with Crippen molar-refractivity contribution in [1.82, 2.24) is 9.97 Å². The zero-order valence-electron chi connectivity index (χ0n) is 12.9. The van der Waals surface area contributed by atoms with Crippen LogP contribution in [0.25, 0.3) is 11.3 Å². The quantitative estimate of drug-likeness (QED) is 0.846. The number of amides is 1. The van der Waals surface area contributed by atoms with Gasteiger partial charge in [0.2, 0.25) is 6.41 Å². The molecule has 0 unspecified atom stereocenters. The highest BCUT2D eigenvalue weighted by Gasteiger charge is 2.17. The molecule has 2 aromatic rings. The summed E-state index contributed by atoms with van der Waals surface area (Å²) in [6, 6.07) is 9.14. The highest BCUT2D eigenvalue weighted by Crippen LogP contribution is 2.28. The van der Waals surface area contributed by atoms with E-state index in [1.54, 1.807) is 18.2 Å². The molecular formula is C17H16N4O3. The summed E-state index contributed by atoms with van der Waals surface area (Å²) in [5, 5.41) is 11.9. The summed E-state index contributed by atoms with van der Waals surface area (Å²) in [5.41, 5.74) is 1.81. The number of hydrogen-bond acceptors (Lipinski definition) is 6. The van der Waals surface area contributed by atoms with Crippen LogP contribution in [-0.4, -0.2) is 35.7 Å². The maximum Gasteiger partial charge on any atom is 0.212 e. The molecule has 0 spiro atoms. The third kappa shape index (κ3) is 3.67. The first-order valence-corrected chi connectivity index (χ1v) is 7.61. The van der Waals surface area contributed by atoms with Crippen LogP contribution in [0.5, 0.6) is 5.75 Å². The molecule has 0 atom stereocenters. The molecule has 2 heterocycles. The topological polar surface area (TPSA) is 97.1 Å². The number of nitriles is 1. The fraction of sp³-hybridized carbons (Fsp3) is 0.294. The normalized spacial score (nSPS) is 14.6. The maximum atomic E-state index is 10.5. The van der Waals surface area contributed by atoms with Crippen LogP contribution in [-0.2, 0) is 9.53 Å². The highest BCUT2D eigenvalue weighted by molar-refractivity contribution is 5.72. The number of carbonyl (C=O) groups is 1. The second-order valence-electron chi connectivity index (χ2n) is 5.30. The second-order valence-corrected chi connectivity index (χ2v) is 5.30. The average Bonchev–Trinajstić information content (AvgIpc) is 2.63. The zero-order chi connectivity index (χ0) is 16.8. The van der Waals surface area contributed by atoms with E-state index < -0.39 is 0 Å². The van der Waals surface area contributed by atoms with E-state index in [9.17, 15) is 10.1 Å². The van der Waals surface area contributed by atoms with Crippen molar-refractivity contribution in [2.45, 2.75) is 18.9 Å². The van der Waals surface area contributed by atoms with Gasteiger partial charge < -0.3 is 14.8 Å². The van der Waals surface area contributed by atoms with Gasteiger partial charge in [0.25, 0.3) is 0 Å². The van der Waals surface area contributed by atoms with Crippen molar-refractivity contribution >= 4 is 12.2 Å². The Labute approximate surface area is 139 Å². The van der Waals surface area contributed by atoms with E-state index in [4.69, 9.17) is 9.47 Å². The molecule has 1 fully saturated rings. The first-order chi connectivity index (χ1) is 11.8. The Bertz CT molecular complexity index is 767. The lowest BCUT2D eigenvalue weighted by molar-refractivity contribution is -0.105. The minimum absolute atomic E-state index is 0.0687. The van der Waals surface area contributed by atoms with Gasteiger partial charge in [-0.15, -0.1) is 0 Å². The van der Waals surface area contributed by atoms with Gasteiger partial charge in [-0.05, 0) is 18.2 Å². The van der Waals surface area contributed by atoms with E-state index in [1.807, 2.05) is 6.07 Å². The smallest absolute Gasteiger partial charge is 0.212 e. The van der Waals surface area contributed by atoms with Crippen LogP contribution in [0.1, 0.15) is 18.4 Å². The first-order valence-electron chi connectivity index (χ1n) is 7.61. The summed E-state index contributed by atoms with van der Waals surface area (Å²) in [4.78, 5) is 18.6. The Hall–Kier alpha value is -2.98. The van der Waals surface area contributed by atoms with Gasteiger partial charge in [-0.1, -0.05) is 0 Å². The van der Waals surface area contributed by atoms with Gasteiger partial charge in [-0.3, -0.25) is 4.79 Å². The lowest BCUT2D eigenvalue weighted by atomic mass is 10.1. The molecule has 1 aromatic heterocycles. The minimum Gasteiger partial charge on any atom is -0.489 e. The van der Waals surface area contributed by atoms with Crippen molar-refractivity contribution < 1.29 is 14.3 Å². The fourth-order valence-electron chi connectivity index (χ4n) is 2.51. The van der Waals surface area contributed by atoms with Gasteiger partial charge in [-0.2, -0.15) is 5.26 Å². The van der Waals surface area contributed by atoms with Gasteiger partial charge in [0.15, 0.2) is 0 Å². The number of hydrogen-bond donors (Lipinski definition) is 1. The lowest BCUT2D eigenvalue weighted by Gasteiger charge is -2.23.